The molecular formula is C23H25FN8O. The molecule has 4 N–H and O–H groups in total. The average Bonchev–Trinajstić information content (AvgIpc) is 3.42. The third-order valence-electron chi connectivity index (χ3n) is 5.37. The number of aromatic amines is 2. The average molecular weight is 449 g/mol. The fourth-order valence-electron chi connectivity index (χ4n) is 3.84. The number of ether oxygens (including phenoxy) is 1. The molecular weight excluding hydrogens is 423 g/mol. The molecule has 0 saturated carbocycles. The van der Waals surface area contributed by atoms with E-state index in [0.717, 1.165) is 37.6 Å². The summed E-state index contributed by atoms with van der Waals surface area (Å²) in [6.07, 6.45) is 3.84. The van der Waals surface area contributed by atoms with E-state index in [-0.39, 0.29) is 11.8 Å². The van der Waals surface area contributed by atoms with Gasteiger partial charge in [0.2, 0.25) is 0 Å². The summed E-state index contributed by atoms with van der Waals surface area (Å²) in [4.78, 5) is 14.3. The van der Waals surface area contributed by atoms with Gasteiger partial charge >= 0.3 is 6.01 Å². The molecule has 4 heterocycles. The van der Waals surface area contributed by atoms with Crippen LogP contribution in [-0.2, 0) is 0 Å². The Kier molecular flexibility index (Phi) is 5.66. The van der Waals surface area contributed by atoms with Crippen LogP contribution in [0.2, 0.25) is 0 Å². The summed E-state index contributed by atoms with van der Waals surface area (Å²) in [5.74, 6) is 1.43. The van der Waals surface area contributed by atoms with Gasteiger partial charge in [-0.2, -0.15) is 15.1 Å². The number of halogens is 1. The monoisotopic (exact) mass is 448 g/mol. The van der Waals surface area contributed by atoms with Crippen LogP contribution in [0.5, 0.6) is 11.8 Å². The second-order valence-electron chi connectivity index (χ2n) is 7.86. The zero-order chi connectivity index (χ0) is 22.8. The van der Waals surface area contributed by atoms with Gasteiger partial charge in [-0.25, -0.2) is 4.39 Å². The molecule has 0 aliphatic carbocycles. The van der Waals surface area contributed by atoms with Gasteiger partial charge in [0, 0.05) is 54.9 Å². The van der Waals surface area contributed by atoms with Crippen LogP contribution in [-0.4, -0.2) is 51.3 Å². The molecule has 1 aliphatic rings. The van der Waals surface area contributed by atoms with Crippen LogP contribution in [0, 0.1) is 12.7 Å². The number of allylic oxidation sites excluding steroid dienone is 1. The fourth-order valence-corrected chi connectivity index (χ4v) is 3.84. The lowest BCUT2D eigenvalue weighted by atomic mass is 10.2. The number of anilines is 3. The van der Waals surface area contributed by atoms with E-state index in [9.17, 15) is 0 Å². The Labute approximate surface area is 190 Å². The number of rotatable bonds is 6. The van der Waals surface area contributed by atoms with Gasteiger partial charge in [0.15, 0.2) is 17.4 Å². The topological polar surface area (TPSA) is 107 Å². The molecule has 0 radical (unpaired) electrons. The van der Waals surface area contributed by atoms with E-state index in [1.165, 1.54) is 0 Å². The third-order valence-corrected chi connectivity index (χ3v) is 5.37. The van der Waals surface area contributed by atoms with Crippen molar-refractivity contribution in [2.45, 2.75) is 13.8 Å². The summed E-state index contributed by atoms with van der Waals surface area (Å²) >= 11 is 0. The standard InChI is InChI=1S/C23H25FN8O/c1-3-4-15-12-20(31-30-15)27-19-13-21(32-9-7-25-8-10-32)29-23(28-19)33-18-6-5-17-16(22(18)24)11-14(2)26-17/h3-6,11-13,25-26H,7-10H2,1-2H3,(H2,27,28,29,30,31)/b4-3-. The number of H-pyrrole nitrogens is 2. The predicted octanol–water partition coefficient (Wildman–Crippen LogP) is 4.11. The quantitative estimate of drug-likeness (QED) is 0.352. The lowest BCUT2D eigenvalue weighted by Crippen LogP contribution is -2.43. The third kappa shape index (κ3) is 4.51. The number of benzene rings is 1. The Balaban J connectivity index is 1.48. The highest BCUT2D eigenvalue weighted by molar-refractivity contribution is 5.82. The van der Waals surface area contributed by atoms with E-state index in [0.29, 0.717) is 28.4 Å². The van der Waals surface area contributed by atoms with Crippen LogP contribution >= 0.6 is 0 Å². The smallest absolute Gasteiger partial charge is 0.326 e. The van der Waals surface area contributed by atoms with Gasteiger partial charge in [-0.05, 0) is 38.1 Å². The summed E-state index contributed by atoms with van der Waals surface area (Å²) in [6.45, 7) is 7.13. The van der Waals surface area contributed by atoms with E-state index in [1.54, 1.807) is 18.2 Å². The molecule has 1 aromatic carbocycles. The van der Waals surface area contributed by atoms with Gasteiger partial charge in [0.1, 0.15) is 11.6 Å². The molecule has 1 saturated heterocycles. The fraction of sp³-hybridized carbons (Fsp3) is 0.261. The molecule has 4 aromatic rings. The highest BCUT2D eigenvalue weighted by atomic mass is 19.1. The van der Waals surface area contributed by atoms with Crippen molar-refractivity contribution in [3.05, 3.63) is 53.6 Å². The number of nitrogens with one attached hydrogen (secondary N) is 4. The number of nitrogens with zero attached hydrogens (tertiary/aromatic N) is 4. The largest absolute Gasteiger partial charge is 0.421 e. The summed E-state index contributed by atoms with van der Waals surface area (Å²) in [6, 6.07) is 8.89. The molecule has 9 nitrogen and oxygen atoms in total. The summed E-state index contributed by atoms with van der Waals surface area (Å²) in [7, 11) is 0. The summed E-state index contributed by atoms with van der Waals surface area (Å²) < 4.78 is 20.9. The Morgan fingerprint density at radius 2 is 1.97 bits per heavy atom. The van der Waals surface area contributed by atoms with Crippen molar-refractivity contribution in [3.63, 3.8) is 0 Å². The van der Waals surface area contributed by atoms with Crippen molar-refractivity contribution in [1.82, 2.24) is 30.5 Å². The van der Waals surface area contributed by atoms with Gasteiger partial charge in [-0.1, -0.05) is 6.08 Å². The normalized spacial score (nSPS) is 14.3. The van der Waals surface area contributed by atoms with Crippen molar-refractivity contribution in [3.8, 4) is 11.8 Å². The summed E-state index contributed by atoms with van der Waals surface area (Å²) in [5.41, 5.74) is 2.46. The minimum Gasteiger partial charge on any atom is -0.421 e. The van der Waals surface area contributed by atoms with Crippen LogP contribution in [0.1, 0.15) is 18.3 Å². The Bertz CT molecular complexity index is 1310. The maximum Gasteiger partial charge on any atom is 0.326 e. The van der Waals surface area contributed by atoms with Crippen LogP contribution in [0.15, 0.2) is 36.4 Å². The maximum absolute atomic E-state index is 15.1. The van der Waals surface area contributed by atoms with Crippen LogP contribution < -0.4 is 20.3 Å². The minimum absolute atomic E-state index is 0.0586. The first-order valence-corrected chi connectivity index (χ1v) is 10.8. The van der Waals surface area contributed by atoms with E-state index in [4.69, 9.17) is 4.74 Å². The van der Waals surface area contributed by atoms with Crippen LogP contribution in [0.25, 0.3) is 17.0 Å². The molecule has 33 heavy (non-hydrogen) atoms. The van der Waals surface area contributed by atoms with Crippen molar-refractivity contribution in [1.29, 1.82) is 0 Å². The molecule has 0 amide bonds. The van der Waals surface area contributed by atoms with Crippen LogP contribution in [0.4, 0.5) is 21.8 Å². The van der Waals surface area contributed by atoms with Crippen molar-refractivity contribution in [2.24, 2.45) is 0 Å². The van der Waals surface area contributed by atoms with Crippen molar-refractivity contribution >= 4 is 34.4 Å². The molecule has 1 fully saturated rings. The first-order chi connectivity index (χ1) is 16.1. The van der Waals surface area contributed by atoms with Crippen molar-refractivity contribution in [2.75, 3.05) is 36.4 Å². The van der Waals surface area contributed by atoms with Gasteiger partial charge in [0.05, 0.1) is 5.69 Å². The number of aromatic nitrogens is 5. The molecule has 0 atom stereocenters. The number of piperazine rings is 1. The lowest BCUT2D eigenvalue weighted by molar-refractivity contribution is 0.414. The van der Waals surface area contributed by atoms with Gasteiger partial charge in [-0.3, -0.25) is 5.10 Å². The van der Waals surface area contributed by atoms with Crippen molar-refractivity contribution < 1.29 is 9.13 Å². The number of hydrogen-bond donors (Lipinski definition) is 4. The second kappa shape index (κ2) is 8.91. The number of aryl methyl sites for hydroxylation is 1. The Morgan fingerprint density at radius 1 is 1.12 bits per heavy atom. The highest BCUT2D eigenvalue weighted by Crippen LogP contribution is 2.31. The molecule has 5 rings (SSSR count). The molecule has 3 aromatic heterocycles. The van der Waals surface area contributed by atoms with E-state index in [1.807, 2.05) is 38.1 Å². The van der Waals surface area contributed by atoms with Gasteiger partial charge < -0.3 is 25.3 Å². The Hall–Kier alpha value is -3.92. The Morgan fingerprint density at radius 3 is 2.79 bits per heavy atom. The highest BCUT2D eigenvalue weighted by Gasteiger charge is 2.18. The number of hydrogen-bond acceptors (Lipinski definition) is 7. The summed E-state index contributed by atoms with van der Waals surface area (Å²) in [5, 5.41) is 14.2. The first-order valence-electron chi connectivity index (χ1n) is 10.8. The zero-order valence-electron chi connectivity index (χ0n) is 18.4. The molecule has 170 valence electrons. The second-order valence-corrected chi connectivity index (χ2v) is 7.86. The predicted molar refractivity (Wildman–Crippen MR) is 127 cm³/mol. The minimum atomic E-state index is -0.453. The molecule has 0 spiro atoms. The molecule has 0 unspecified atom stereocenters. The van der Waals surface area contributed by atoms with E-state index < -0.39 is 5.82 Å². The number of fused-ring (bicyclic) bond motifs is 1. The van der Waals surface area contributed by atoms with Gasteiger partial charge in [-0.15, -0.1) is 0 Å². The van der Waals surface area contributed by atoms with E-state index >= 15 is 4.39 Å². The maximum atomic E-state index is 15.1. The molecule has 1 aliphatic heterocycles. The van der Waals surface area contributed by atoms with Gasteiger partial charge in [0.25, 0.3) is 0 Å². The van der Waals surface area contributed by atoms with E-state index in [2.05, 4.69) is 40.7 Å². The first kappa shape index (κ1) is 21.0. The zero-order valence-corrected chi connectivity index (χ0v) is 18.4. The SMILES string of the molecule is C/C=C\c1cc(Nc2cc(N3CCNCC3)nc(Oc3ccc4[nH]c(C)cc4c3F)n2)n[nH]1. The molecule has 0 bridgehead atoms. The lowest BCUT2D eigenvalue weighted by Gasteiger charge is -2.28. The molecule has 10 heteroatoms. The van der Waals surface area contributed by atoms with Crippen LogP contribution in [0.3, 0.4) is 0 Å².